The Hall–Kier alpha value is -2.63. The Kier molecular flexibility index (Phi) is 4.72. The van der Waals surface area contributed by atoms with E-state index in [-0.39, 0.29) is 11.2 Å². The molecule has 1 fully saturated rings. The number of aromatic hydroxyl groups is 1. The van der Waals surface area contributed by atoms with Crippen LogP contribution in [0.15, 0.2) is 51.7 Å². The van der Waals surface area contributed by atoms with Gasteiger partial charge in [0.2, 0.25) is 5.43 Å². The van der Waals surface area contributed by atoms with Crippen molar-refractivity contribution in [2.75, 3.05) is 33.2 Å². The Morgan fingerprint density at radius 3 is 2.44 bits per heavy atom. The molecule has 2 aromatic carbocycles. The van der Waals surface area contributed by atoms with Crippen molar-refractivity contribution in [1.29, 1.82) is 0 Å². The lowest BCUT2D eigenvalue weighted by Gasteiger charge is -2.32. The molecule has 0 radical (unpaired) electrons. The number of hydrogen-bond donors (Lipinski definition) is 1. The Balaban J connectivity index is 1.82. The third kappa shape index (κ3) is 3.36. The summed E-state index contributed by atoms with van der Waals surface area (Å²) in [7, 11) is 2.11. The van der Waals surface area contributed by atoms with E-state index in [9.17, 15) is 9.90 Å². The topological polar surface area (TPSA) is 56.9 Å². The van der Waals surface area contributed by atoms with Gasteiger partial charge in [-0.3, -0.25) is 9.69 Å². The van der Waals surface area contributed by atoms with Crippen LogP contribution in [0.2, 0.25) is 0 Å². The molecule has 4 rings (SSSR count). The van der Waals surface area contributed by atoms with Crippen molar-refractivity contribution >= 4 is 11.0 Å². The van der Waals surface area contributed by atoms with Crippen LogP contribution in [0.4, 0.5) is 0 Å². The number of benzene rings is 2. The van der Waals surface area contributed by atoms with Crippen LogP contribution >= 0.6 is 0 Å². The van der Waals surface area contributed by atoms with Gasteiger partial charge in [0, 0.05) is 32.7 Å². The Bertz CT molecular complexity index is 1020. The summed E-state index contributed by atoms with van der Waals surface area (Å²) >= 11 is 0. The highest BCUT2D eigenvalue weighted by molar-refractivity contribution is 5.86. The zero-order valence-corrected chi connectivity index (χ0v) is 15.7. The maximum Gasteiger partial charge on any atom is 0.200 e. The van der Waals surface area contributed by atoms with Gasteiger partial charge in [-0.25, -0.2) is 0 Å². The van der Waals surface area contributed by atoms with Crippen LogP contribution in [0.25, 0.3) is 22.1 Å². The minimum atomic E-state index is -0.0559. The first-order valence-corrected chi connectivity index (χ1v) is 9.29. The second kappa shape index (κ2) is 7.18. The highest BCUT2D eigenvalue weighted by atomic mass is 16.3. The van der Waals surface area contributed by atoms with Crippen LogP contribution in [0, 0.1) is 6.92 Å². The van der Waals surface area contributed by atoms with Gasteiger partial charge < -0.3 is 14.4 Å². The monoisotopic (exact) mass is 364 g/mol. The highest BCUT2D eigenvalue weighted by Gasteiger charge is 2.21. The summed E-state index contributed by atoms with van der Waals surface area (Å²) in [6, 6.07) is 12.8. The number of rotatable bonds is 3. The molecule has 27 heavy (non-hydrogen) atoms. The average molecular weight is 364 g/mol. The van der Waals surface area contributed by atoms with Crippen LogP contribution in [-0.4, -0.2) is 48.1 Å². The summed E-state index contributed by atoms with van der Waals surface area (Å²) < 4.78 is 6.11. The van der Waals surface area contributed by atoms with Gasteiger partial charge in [-0.1, -0.05) is 30.3 Å². The average Bonchev–Trinajstić information content (AvgIpc) is 2.67. The van der Waals surface area contributed by atoms with E-state index in [0.29, 0.717) is 34.4 Å². The molecule has 0 unspecified atom stereocenters. The van der Waals surface area contributed by atoms with Crippen molar-refractivity contribution < 1.29 is 9.52 Å². The Morgan fingerprint density at radius 2 is 1.74 bits per heavy atom. The molecule has 1 saturated heterocycles. The van der Waals surface area contributed by atoms with E-state index in [1.807, 2.05) is 37.3 Å². The lowest BCUT2D eigenvalue weighted by Crippen LogP contribution is -2.43. The van der Waals surface area contributed by atoms with E-state index in [4.69, 9.17) is 4.42 Å². The molecule has 5 nitrogen and oxygen atoms in total. The van der Waals surface area contributed by atoms with Gasteiger partial charge in [0.25, 0.3) is 0 Å². The van der Waals surface area contributed by atoms with Crippen molar-refractivity contribution in [3.8, 4) is 16.9 Å². The molecule has 5 heteroatoms. The van der Waals surface area contributed by atoms with Crippen LogP contribution in [0.5, 0.6) is 5.75 Å². The summed E-state index contributed by atoms with van der Waals surface area (Å²) in [6.45, 7) is 6.23. The first kappa shape index (κ1) is 17.8. The summed E-state index contributed by atoms with van der Waals surface area (Å²) in [5.41, 5.74) is 2.56. The number of fused-ring (bicyclic) bond motifs is 1. The zero-order valence-electron chi connectivity index (χ0n) is 15.7. The summed E-state index contributed by atoms with van der Waals surface area (Å²) in [5, 5.41) is 11.0. The minimum absolute atomic E-state index is 0.0559. The molecule has 1 N–H and O–H groups in total. The predicted octanol–water partition coefficient (Wildman–Crippen LogP) is 3.22. The van der Waals surface area contributed by atoms with Crippen molar-refractivity contribution in [2.24, 2.45) is 0 Å². The molecule has 1 aliphatic rings. The standard InChI is InChI=1S/C22H24N2O3/c1-15-20(16-6-4-3-5-7-16)21(26)17-8-9-19(25)18(22(17)27-15)14-24-12-10-23(2)11-13-24/h3-9,25H,10-14H2,1-2H3. The molecule has 0 spiro atoms. The predicted molar refractivity (Wildman–Crippen MR) is 107 cm³/mol. The molecule has 1 aliphatic heterocycles. The van der Waals surface area contributed by atoms with Crippen molar-refractivity contribution in [1.82, 2.24) is 9.80 Å². The largest absolute Gasteiger partial charge is 0.507 e. The number of nitrogens with zero attached hydrogens (tertiary/aromatic N) is 2. The van der Waals surface area contributed by atoms with E-state index in [2.05, 4.69) is 16.8 Å². The fourth-order valence-corrected chi connectivity index (χ4v) is 3.73. The highest BCUT2D eigenvalue weighted by Crippen LogP contribution is 2.31. The summed E-state index contributed by atoms with van der Waals surface area (Å²) in [4.78, 5) is 17.8. The molecular weight excluding hydrogens is 340 g/mol. The van der Waals surface area contributed by atoms with E-state index >= 15 is 0 Å². The van der Waals surface area contributed by atoms with Gasteiger partial charge in [-0.2, -0.15) is 0 Å². The molecule has 3 aromatic rings. The molecule has 0 atom stereocenters. The number of likely N-dealkylation sites (N-methyl/N-ethyl adjacent to an activating group) is 1. The molecule has 0 aliphatic carbocycles. The zero-order chi connectivity index (χ0) is 19.0. The number of piperazine rings is 1. The minimum Gasteiger partial charge on any atom is -0.507 e. The fraction of sp³-hybridized carbons (Fsp3) is 0.318. The van der Waals surface area contributed by atoms with Gasteiger partial charge in [0.1, 0.15) is 17.1 Å². The van der Waals surface area contributed by atoms with E-state index in [1.54, 1.807) is 12.1 Å². The van der Waals surface area contributed by atoms with Crippen LogP contribution in [-0.2, 0) is 6.54 Å². The maximum absolute atomic E-state index is 13.2. The van der Waals surface area contributed by atoms with Crippen LogP contribution < -0.4 is 5.43 Å². The third-order valence-electron chi connectivity index (χ3n) is 5.35. The van der Waals surface area contributed by atoms with Crippen LogP contribution in [0.3, 0.4) is 0 Å². The normalized spacial score (nSPS) is 16.1. The smallest absolute Gasteiger partial charge is 0.200 e. The van der Waals surface area contributed by atoms with Gasteiger partial charge in [0.05, 0.1) is 16.5 Å². The quantitative estimate of drug-likeness (QED) is 0.773. The number of hydrogen-bond acceptors (Lipinski definition) is 5. The molecule has 0 bridgehead atoms. The van der Waals surface area contributed by atoms with Crippen LogP contribution in [0.1, 0.15) is 11.3 Å². The lowest BCUT2D eigenvalue weighted by molar-refractivity contribution is 0.147. The second-order valence-electron chi connectivity index (χ2n) is 7.25. The van der Waals surface area contributed by atoms with Gasteiger partial charge in [-0.05, 0) is 31.7 Å². The van der Waals surface area contributed by atoms with Crippen molar-refractivity contribution in [3.05, 3.63) is 64.0 Å². The Morgan fingerprint density at radius 1 is 1.04 bits per heavy atom. The molecular formula is C22H24N2O3. The third-order valence-corrected chi connectivity index (χ3v) is 5.35. The fourth-order valence-electron chi connectivity index (χ4n) is 3.73. The summed E-state index contributed by atoms with van der Waals surface area (Å²) in [5.74, 6) is 0.750. The maximum atomic E-state index is 13.2. The Labute approximate surface area is 158 Å². The molecule has 1 aromatic heterocycles. The van der Waals surface area contributed by atoms with Crippen molar-refractivity contribution in [3.63, 3.8) is 0 Å². The van der Waals surface area contributed by atoms with E-state index in [0.717, 1.165) is 31.7 Å². The first-order valence-electron chi connectivity index (χ1n) is 9.29. The van der Waals surface area contributed by atoms with E-state index in [1.165, 1.54) is 0 Å². The molecule has 140 valence electrons. The number of phenolic OH excluding ortho intramolecular Hbond substituents is 1. The number of aryl methyl sites for hydroxylation is 1. The molecule has 0 saturated carbocycles. The molecule has 0 amide bonds. The van der Waals surface area contributed by atoms with Crippen molar-refractivity contribution in [2.45, 2.75) is 13.5 Å². The van der Waals surface area contributed by atoms with Gasteiger partial charge in [0.15, 0.2) is 0 Å². The van der Waals surface area contributed by atoms with E-state index < -0.39 is 0 Å². The summed E-state index contributed by atoms with van der Waals surface area (Å²) in [6.07, 6.45) is 0. The number of phenols is 1. The lowest BCUT2D eigenvalue weighted by atomic mass is 10.0. The second-order valence-corrected chi connectivity index (χ2v) is 7.25. The van der Waals surface area contributed by atoms with Gasteiger partial charge >= 0.3 is 0 Å². The van der Waals surface area contributed by atoms with Gasteiger partial charge in [-0.15, -0.1) is 0 Å². The molecule has 2 heterocycles. The SMILES string of the molecule is Cc1oc2c(CN3CCN(C)CC3)c(O)ccc2c(=O)c1-c1ccccc1. The first-order chi connectivity index (χ1) is 13.0.